The molecular weight excluding hydrogens is 300 g/mol. The summed E-state index contributed by atoms with van der Waals surface area (Å²) in [6, 6.07) is 3.89. The smallest absolute Gasteiger partial charge is 0.241 e. The van der Waals surface area contributed by atoms with Gasteiger partial charge in [0.2, 0.25) is 5.91 Å². The number of carbonyl (C=O) groups is 1. The van der Waals surface area contributed by atoms with Crippen molar-refractivity contribution in [2.24, 2.45) is 0 Å². The molecule has 1 amide bonds. The molecular formula is C14H20N6O3. The molecule has 1 atom stereocenters. The number of morpholine rings is 1. The van der Waals surface area contributed by atoms with Gasteiger partial charge in [-0.2, -0.15) is 0 Å². The van der Waals surface area contributed by atoms with Crippen molar-refractivity contribution in [3.8, 4) is 0 Å². The number of ether oxygens (including phenoxy) is 1. The molecule has 1 aliphatic rings. The zero-order valence-corrected chi connectivity index (χ0v) is 13.0. The summed E-state index contributed by atoms with van der Waals surface area (Å²) in [6.07, 6.45) is 1.41. The highest BCUT2D eigenvalue weighted by molar-refractivity contribution is 5.75. The number of aryl methyl sites for hydroxylation is 1. The summed E-state index contributed by atoms with van der Waals surface area (Å²) >= 11 is 0. The molecule has 0 radical (unpaired) electrons. The van der Waals surface area contributed by atoms with Crippen molar-refractivity contribution in [1.29, 1.82) is 0 Å². The number of hydrogen-bond donors (Lipinski definition) is 1. The second-order valence-electron chi connectivity index (χ2n) is 5.42. The number of furan rings is 1. The Kier molecular flexibility index (Phi) is 4.99. The number of carbonyl (C=O) groups excluding carboxylic acids is 1. The van der Waals surface area contributed by atoms with Crippen molar-refractivity contribution in [3.63, 3.8) is 0 Å². The lowest BCUT2D eigenvalue weighted by atomic mass is 10.1. The van der Waals surface area contributed by atoms with E-state index in [1.165, 1.54) is 11.0 Å². The summed E-state index contributed by atoms with van der Waals surface area (Å²) in [4.78, 5) is 14.3. The van der Waals surface area contributed by atoms with Crippen molar-refractivity contribution in [2.75, 3.05) is 32.8 Å². The van der Waals surface area contributed by atoms with Crippen LogP contribution in [-0.2, 0) is 16.1 Å². The second kappa shape index (κ2) is 7.34. The largest absolute Gasteiger partial charge is 0.465 e. The first-order valence-corrected chi connectivity index (χ1v) is 7.58. The zero-order chi connectivity index (χ0) is 16.1. The lowest BCUT2D eigenvalue weighted by molar-refractivity contribution is -0.122. The van der Waals surface area contributed by atoms with Crippen LogP contribution in [0.5, 0.6) is 0 Å². The SMILES string of the molecule is Cc1ccc(C(CNC(=O)Cn2cnnn2)N2CCOCC2)o1. The lowest BCUT2D eigenvalue weighted by Crippen LogP contribution is -2.44. The molecule has 124 valence electrons. The van der Waals surface area contributed by atoms with E-state index >= 15 is 0 Å². The average Bonchev–Trinajstić information content (AvgIpc) is 3.21. The van der Waals surface area contributed by atoms with Gasteiger partial charge in [0.05, 0.1) is 19.3 Å². The van der Waals surface area contributed by atoms with E-state index in [4.69, 9.17) is 9.15 Å². The van der Waals surface area contributed by atoms with Crippen molar-refractivity contribution in [3.05, 3.63) is 30.0 Å². The van der Waals surface area contributed by atoms with E-state index in [0.717, 1.165) is 24.6 Å². The molecule has 1 unspecified atom stereocenters. The highest BCUT2D eigenvalue weighted by Gasteiger charge is 2.25. The summed E-state index contributed by atoms with van der Waals surface area (Å²) in [5.41, 5.74) is 0. The van der Waals surface area contributed by atoms with Crippen LogP contribution >= 0.6 is 0 Å². The van der Waals surface area contributed by atoms with E-state index < -0.39 is 0 Å². The minimum atomic E-state index is -0.140. The molecule has 0 saturated carbocycles. The normalized spacial score (nSPS) is 17.1. The minimum Gasteiger partial charge on any atom is -0.465 e. The van der Waals surface area contributed by atoms with Gasteiger partial charge in [0.1, 0.15) is 24.4 Å². The molecule has 0 aliphatic carbocycles. The summed E-state index contributed by atoms with van der Waals surface area (Å²) in [5.74, 6) is 1.57. The number of aromatic nitrogens is 4. The Hall–Kier alpha value is -2.26. The molecule has 0 bridgehead atoms. The predicted molar refractivity (Wildman–Crippen MR) is 79.4 cm³/mol. The van der Waals surface area contributed by atoms with Crippen LogP contribution in [0.2, 0.25) is 0 Å². The molecule has 9 nitrogen and oxygen atoms in total. The van der Waals surface area contributed by atoms with E-state index in [-0.39, 0.29) is 18.5 Å². The lowest BCUT2D eigenvalue weighted by Gasteiger charge is -2.33. The Balaban J connectivity index is 1.62. The summed E-state index contributed by atoms with van der Waals surface area (Å²) in [7, 11) is 0. The molecule has 0 aromatic carbocycles. The molecule has 1 aliphatic heterocycles. The van der Waals surface area contributed by atoms with Gasteiger partial charge in [0.15, 0.2) is 0 Å². The first-order chi connectivity index (χ1) is 11.2. The van der Waals surface area contributed by atoms with E-state index in [9.17, 15) is 4.79 Å². The highest BCUT2D eigenvalue weighted by atomic mass is 16.5. The van der Waals surface area contributed by atoms with Gasteiger partial charge in [-0.15, -0.1) is 5.10 Å². The van der Waals surface area contributed by atoms with Gasteiger partial charge in [-0.3, -0.25) is 9.69 Å². The van der Waals surface area contributed by atoms with Gasteiger partial charge in [0.25, 0.3) is 0 Å². The first-order valence-electron chi connectivity index (χ1n) is 7.58. The Bertz CT molecular complexity index is 620. The molecule has 1 saturated heterocycles. The van der Waals surface area contributed by atoms with Gasteiger partial charge in [-0.25, -0.2) is 4.68 Å². The van der Waals surface area contributed by atoms with Crippen LogP contribution in [0.25, 0.3) is 0 Å². The minimum absolute atomic E-state index is 0.00887. The van der Waals surface area contributed by atoms with E-state index in [0.29, 0.717) is 19.8 Å². The standard InChI is InChI=1S/C14H20N6O3/c1-11-2-3-13(23-11)12(19-4-6-22-7-5-19)8-15-14(21)9-20-10-16-17-18-20/h2-3,10,12H,4-9H2,1H3,(H,15,21). The van der Waals surface area contributed by atoms with Crippen LogP contribution < -0.4 is 5.32 Å². The van der Waals surface area contributed by atoms with Gasteiger partial charge < -0.3 is 14.5 Å². The fraction of sp³-hybridized carbons (Fsp3) is 0.571. The molecule has 2 aromatic heterocycles. The molecule has 3 rings (SSSR count). The maximum Gasteiger partial charge on any atom is 0.241 e. The third-order valence-electron chi connectivity index (χ3n) is 3.77. The van der Waals surface area contributed by atoms with Crippen LogP contribution in [0.4, 0.5) is 0 Å². The maximum absolute atomic E-state index is 12.0. The zero-order valence-electron chi connectivity index (χ0n) is 13.0. The first kappa shape index (κ1) is 15.6. The molecule has 2 aromatic rings. The fourth-order valence-electron chi connectivity index (χ4n) is 2.60. The van der Waals surface area contributed by atoms with E-state index in [2.05, 4.69) is 25.7 Å². The molecule has 23 heavy (non-hydrogen) atoms. The van der Waals surface area contributed by atoms with Crippen molar-refractivity contribution in [2.45, 2.75) is 19.5 Å². The van der Waals surface area contributed by atoms with Crippen molar-refractivity contribution >= 4 is 5.91 Å². The predicted octanol–water partition coefficient (Wildman–Crippen LogP) is -0.236. The molecule has 1 fully saturated rings. The van der Waals surface area contributed by atoms with Crippen LogP contribution in [0.3, 0.4) is 0 Å². The Morgan fingerprint density at radius 1 is 1.39 bits per heavy atom. The number of nitrogens with zero attached hydrogens (tertiary/aromatic N) is 5. The van der Waals surface area contributed by atoms with E-state index in [1.54, 1.807) is 0 Å². The fourth-order valence-corrected chi connectivity index (χ4v) is 2.60. The number of amides is 1. The van der Waals surface area contributed by atoms with Gasteiger partial charge in [-0.05, 0) is 29.5 Å². The Labute approximate surface area is 133 Å². The molecule has 3 heterocycles. The molecule has 9 heteroatoms. The quantitative estimate of drug-likeness (QED) is 0.784. The number of rotatable bonds is 6. The van der Waals surface area contributed by atoms with E-state index in [1.807, 2.05) is 19.1 Å². The Morgan fingerprint density at radius 3 is 2.87 bits per heavy atom. The maximum atomic E-state index is 12.0. The topological polar surface area (TPSA) is 98.3 Å². The summed E-state index contributed by atoms with van der Waals surface area (Å²) < 4.78 is 12.6. The monoisotopic (exact) mass is 320 g/mol. The second-order valence-corrected chi connectivity index (χ2v) is 5.42. The molecule has 1 N–H and O–H groups in total. The van der Waals surface area contributed by atoms with Crippen LogP contribution in [0.15, 0.2) is 22.9 Å². The van der Waals surface area contributed by atoms with Gasteiger partial charge >= 0.3 is 0 Å². The summed E-state index contributed by atoms with van der Waals surface area (Å²) in [6.45, 7) is 5.48. The van der Waals surface area contributed by atoms with Crippen molar-refractivity contribution in [1.82, 2.24) is 30.4 Å². The number of hydrogen-bond acceptors (Lipinski definition) is 7. The highest BCUT2D eigenvalue weighted by Crippen LogP contribution is 2.23. The Morgan fingerprint density at radius 2 is 2.22 bits per heavy atom. The van der Waals surface area contributed by atoms with Gasteiger partial charge in [0, 0.05) is 19.6 Å². The van der Waals surface area contributed by atoms with Gasteiger partial charge in [-0.1, -0.05) is 0 Å². The summed E-state index contributed by atoms with van der Waals surface area (Å²) in [5, 5.41) is 13.6. The third-order valence-corrected chi connectivity index (χ3v) is 3.77. The average molecular weight is 320 g/mol. The number of tetrazole rings is 1. The number of nitrogens with one attached hydrogen (secondary N) is 1. The third kappa shape index (κ3) is 4.14. The molecule has 0 spiro atoms. The van der Waals surface area contributed by atoms with Crippen LogP contribution in [0.1, 0.15) is 17.6 Å². The van der Waals surface area contributed by atoms with Crippen molar-refractivity contribution < 1.29 is 13.9 Å². The van der Waals surface area contributed by atoms with Crippen LogP contribution in [0, 0.1) is 6.92 Å². The van der Waals surface area contributed by atoms with Crippen LogP contribution in [-0.4, -0.2) is 63.9 Å².